The van der Waals surface area contributed by atoms with Crippen LogP contribution < -0.4 is 4.74 Å². The van der Waals surface area contributed by atoms with Crippen LogP contribution in [0.5, 0.6) is 0 Å². The molecule has 0 aliphatic carbocycles. The Hall–Kier alpha value is -1.06. The summed E-state index contributed by atoms with van der Waals surface area (Å²) in [5.74, 6) is 0. The maximum Gasteiger partial charge on any atom is 0.249 e. The van der Waals surface area contributed by atoms with Crippen molar-refractivity contribution < 1.29 is 0 Å². The lowest BCUT2D eigenvalue weighted by Gasteiger charge is -2.03. The molecule has 0 saturated carbocycles. The summed E-state index contributed by atoms with van der Waals surface area (Å²) in [5, 5.41) is 0.789. The van der Waals surface area contributed by atoms with Gasteiger partial charge in [0.25, 0.3) is 0 Å². The first-order valence-electron chi connectivity index (χ1n) is 4.66. The molecule has 0 spiro atoms. The molecule has 1 heterocycles. The van der Waals surface area contributed by atoms with Crippen molar-refractivity contribution in [2.24, 2.45) is 0 Å². The first kappa shape index (κ1) is 10.5. The lowest BCUT2D eigenvalue weighted by Crippen LogP contribution is -1.97. The fourth-order valence-corrected chi connectivity index (χ4v) is 2.26. The minimum absolute atomic E-state index is 0.0918. The monoisotopic (exact) mass is 239 g/mol. The lowest BCUT2D eigenvalue weighted by atomic mass is 10.1. The first-order valence-corrected chi connectivity index (χ1v) is 5.81. The predicted molar refractivity (Wildman–Crippen MR) is 63.7 cm³/mol. The van der Waals surface area contributed by atoms with Crippen molar-refractivity contribution in [2.75, 3.05) is 0 Å². The first-order chi connectivity index (χ1) is 7.25. The van der Waals surface area contributed by atoms with Crippen LogP contribution in [0.2, 0.25) is 5.02 Å². The van der Waals surface area contributed by atoms with Gasteiger partial charge in [-0.05, 0) is 29.6 Å². The van der Waals surface area contributed by atoms with E-state index in [-0.39, 0.29) is 4.74 Å². The van der Waals surface area contributed by atoms with E-state index in [0.717, 1.165) is 23.6 Å². The summed E-state index contributed by atoms with van der Waals surface area (Å²) in [4.78, 5) is 10.9. The molecule has 0 radical (unpaired) electrons. The summed E-state index contributed by atoms with van der Waals surface area (Å²) in [7, 11) is 0. The molecule has 2 aromatic rings. The second-order valence-corrected chi connectivity index (χ2v) is 4.67. The van der Waals surface area contributed by atoms with Gasteiger partial charge in [0.2, 0.25) is 4.74 Å². The number of hydrogen-bond acceptors (Lipinski definition) is 2. The number of aromatic nitrogens is 1. The van der Waals surface area contributed by atoms with Crippen LogP contribution in [0.25, 0.3) is 0 Å². The molecule has 0 amide bonds. The number of aryl methyl sites for hydroxylation is 2. The van der Waals surface area contributed by atoms with Gasteiger partial charge in [0.05, 0.1) is 0 Å². The maximum atomic E-state index is 10.9. The average Bonchev–Trinajstić information content (AvgIpc) is 2.63. The van der Waals surface area contributed by atoms with E-state index in [2.05, 4.69) is 0 Å². The summed E-state index contributed by atoms with van der Waals surface area (Å²) in [6.45, 7) is 0.802. The van der Waals surface area contributed by atoms with E-state index in [1.54, 1.807) is 6.07 Å². The molecule has 78 valence electrons. The molecule has 0 N–H and O–H groups in total. The van der Waals surface area contributed by atoms with Gasteiger partial charge in [-0.3, -0.25) is 4.79 Å². The van der Waals surface area contributed by atoms with E-state index < -0.39 is 0 Å². The summed E-state index contributed by atoms with van der Waals surface area (Å²) >= 11 is 7.26. The maximum absolute atomic E-state index is 10.9. The van der Waals surface area contributed by atoms with Crippen LogP contribution in [-0.4, -0.2) is 3.96 Å². The largest absolute Gasteiger partial charge is 0.302 e. The molecule has 0 fully saturated rings. The second kappa shape index (κ2) is 4.64. The van der Waals surface area contributed by atoms with Crippen molar-refractivity contribution in [2.45, 2.75) is 13.0 Å². The molecule has 0 unspecified atom stereocenters. The van der Waals surface area contributed by atoms with Gasteiger partial charge in [0.15, 0.2) is 0 Å². The van der Waals surface area contributed by atoms with E-state index in [4.69, 9.17) is 11.6 Å². The number of benzene rings is 1. The highest BCUT2D eigenvalue weighted by molar-refractivity contribution is 7.03. The van der Waals surface area contributed by atoms with E-state index >= 15 is 0 Å². The highest BCUT2D eigenvalue weighted by atomic mass is 35.5. The van der Waals surface area contributed by atoms with E-state index in [9.17, 15) is 4.79 Å². The fourth-order valence-electron chi connectivity index (χ4n) is 1.37. The summed E-state index contributed by atoms with van der Waals surface area (Å²) in [6.07, 6.45) is 2.66. The lowest BCUT2D eigenvalue weighted by molar-refractivity contribution is 0.754. The Bertz CT molecular complexity index is 503. The predicted octanol–water partition coefficient (Wildman–Crippen LogP) is 2.81. The molecule has 0 atom stereocenters. The Labute approximate surface area is 96.9 Å². The van der Waals surface area contributed by atoms with Gasteiger partial charge in [0, 0.05) is 23.8 Å². The summed E-state index contributed by atoms with van der Waals surface area (Å²) < 4.78 is 2.01. The molecule has 0 aliphatic rings. The molecule has 0 saturated heterocycles. The summed E-state index contributed by atoms with van der Waals surface area (Å²) in [6, 6.07) is 9.36. The van der Waals surface area contributed by atoms with Gasteiger partial charge < -0.3 is 3.96 Å². The highest BCUT2D eigenvalue weighted by Gasteiger charge is 1.99. The van der Waals surface area contributed by atoms with Crippen LogP contribution in [0.15, 0.2) is 41.3 Å². The van der Waals surface area contributed by atoms with Crippen LogP contribution in [-0.2, 0) is 13.0 Å². The summed E-state index contributed by atoms with van der Waals surface area (Å²) in [5.41, 5.74) is 1.12. The Morgan fingerprint density at radius 3 is 2.73 bits per heavy atom. The Balaban J connectivity index is 2.05. The third-order valence-electron chi connectivity index (χ3n) is 2.14. The van der Waals surface area contributed by atoms with Crippen LogP contribution in [0.4, 0.5) is 0 Å². The van der Waals surface area contributed by atoms with Crippen molar-refractivity contribution in [1.29, 1.82) is 0 Å². The molecule has 2 nitrogen and oxygen atoms in total. The van der Waals surface area contributed by atoms with E-state index in [1.807, 2.05) is 34.4 Å². The van der Waals surface area contributed by atoms with Crippen LogP contribution in [0.3, 0.4) is 0 Å². The molecular formula is C11H10ClNOS. The average molecular weight is 240 g/mol. The number of hydrogen-bond donors (Lipinski definition) is 0. The topological polar surface area (TPSA) is 22.0 Å². The van der Waals surface area contributed by atoms with Crippen molar-refractivity contribution in [3.8, 4) is 0 Å². The van der Waals surface area contributed by atoms with E-state index in [0.29, 0.717) is 0 Å². The van der Waals surface area contributed by atoms with Crippen molar-refractivity contribution in [3.05, 3.63) is 56.7 Å². The van der Waals surface area contributed by atoms with Gasteiger partial charge in [-0.2, -0.15) is 0 Å². The molecular weight excluding hydrogens is 230 g/mol. The highest BCUT2D eigenvalue weighted by Crippen LogP contribution is 2.15. The molecule has 15 heavy (non-hydrogen) atoms. The van der Waals surface area contributed by atoms with E-state index in [1.165, 1.54) is 11.5 Å². The smallest absolute Gasteiger partial charge is 0.249 e. The zero-order valence-corrected chi connectivity index (χ0v) is 9.59. The third-order valence-corrected chi connectivity index (χ3v) is 3.37. The van der Waals surface area contributed by atoms with Crippen molar-refractivity contribution in [1.82, 2.24) is 3.96 Å². The van der Waals surface area contributed by atoms with Gasteiger partial charge in [-0.1, -0.05) is 29.8 Å². The number of rotatable bonds is 3. The zero-order chi connectivity index (χ0) is 10.7. The molecule has 4 heteroatoms. The standard InChI is InChI=1S/C11H10ClNOS/c12-10-4-2-1-3-9(10)5-7-13-8-6-11(14)15-13/h1-4,6,8H,5,7H2. The molecule has 0 bridgehead atoms. The Kier molecular flexibility index (Phi) is 3.23. The van der Waals surface area contributed by atoms with Crippen molar-refractivity contribution >= 4 is 23.1 Å². The van der Waals surface area contributed by atoms with Gasteiger partial charge in [-0.25, -0.2) is 0 Å². The molecule has 1 aromatic carbocycles. The van der Waals surface area contributed by atoms with Gasteiger partial charge >= 0.3 is 0 Å². The van der Waals surface area contributed by atoms with Crippen LogP contribution in [0.1, 0.15) is 5.56 Å². The SMILES string of the molecule is O=c1ccn(CCc2ccccc2Cl)s1. The van der Waals surface area contributed by atoms with Crippen LogP contribution in [0, 0.1) is 0 Å². The minimum Gasteiger partial charge on any atom is -0.302 e. The quantitative estimate of drug-likeness (QED) is 0.807. The Morgan fingerprint density at radius 1 is 1.27 bits per heavy atom. The minimum atomic E-state index is 0.0918. The third kappa shape index (κ3) is 2.70. The molecule has 1 aromatic heterocycles. The van der Waals surface area contributed by atoms with Gasteiger partial charge in [-0.15, -0.1) is 0 Å². The normalized spacial score (nSPS) is 10.5. The van der Waals surface area contributed by atoms with Gasteiger partial charge in [0.1, 0.15) is 0 Å². The number of nitrogens with zero attached hydrogens (tertiary/aromatic N) is 1. The van der Waals surface area contributed by atoms with Crippen LogP contribution >= 0.6 is 23.1 Å². The Morgan fingerprint density at radius 2 is 2.07 bits per heavy atom. The number of halogens is 1. The fraction of sp³-hybridized carbons (Fsp3) is 0.182. The molecule has 0 aliphatic heterocycles. The van der Waals surface area contributed by atoms with Crippen molar-refractivity contribution in [3.63, 3.8) is 0 Å². The second-order valence-electron chi connectivity index (χ2n) is 3.21. The zero-order valence-electron chi connectivity index (χ0n) is 8.02. The molecule has 2 rings (SSSR count).